The highest BCUT2D eigenvalue weighted by atomic mass is 16.4. The Kier molecular flexibility index (Phi) is 5.66. The number of nitrogens with zero attached hydrogens (tertiary/aromatic N) is 3. The quantitative estimate of drug-likeness (QED) is 0.785. The van der Waals surface area contributed by atoms with E-state index in [0.29, 0.717) is 18.4 Å². The number of aromatic nitrogens is 3. The maximum absolute atomic E-state index is 10.8. The van der Waals surface area contributed by atoms with Crippen LogP contribution in [0.4, 0.5) is 5.95 Å². The number of nitrogens with one attached hydrogen (secondary N) is 1. The number of aryl methyl sites for hydroxylation is 2. The number of hydrogen-bond acceptors (Lipinski definition) is 5. The van der Waals surface area contributed by atoms with Crippen LogP contribution in [-0.2, 0) is 4.79 Å². The predicted octanol–water partition coefficient (Wildman–Crippen LogP) is 2.04. The molecule has 0 fully saturated rings. The van der Waals surface area contributed by atoms with Gasteiger partial charge in [-0.1, -0.05) is 13.8 Å². The first-order chi connectivity index (χ1) is 8.88. The fourth-order valence-electron chi connectivity index (χ4n) is 1.92. The fourth-order valence-corrected chi connectivity index (χ4v) is 1.92. The molecule has 0 aliphatic rings. The van der Waals surface area contributed by atoms with Gasteiger partial charge in [-0.25, -0.2) is 4.98 Å². The van der Waals surface area contributed by atoms with E-state index in [4.69, 9.17) is 5.11 Å². The Morgan fingerprint density at radius 1 is 1.26 bits per heavy atom. The molecule has 0 spiro atoms. The molecule has 6 heteroatoms. The number of carboxylic acids is 1. The number of carbonyl (C=O) groups is 1. The van der Waals surface area contributed by atoms with Gasteiger partial charge in [0.25, 0.3) is 0 Å². The second-order valence-electron chi connectivity index (χ2n) is 5.28. The summed E-state index contributed by atoms with van der Waals surface area (Å²) in [5.74, 6) is 0.224. The first-order valence-electron chi connectivity index (χ1n) is 6.52. The lowest BCUT2D eigenvalue weighted by molar-refractivity contribution is -0.138. The lowest BCUT2D eigenvalue weighted by Gasteiger charge is -2.17. The minimum atomic E-state index is -0.772. The molecule has 1 atom stereocenters. The van der Waals surface area contributed by atoms with Gasteiger partial charge in [-0.2, -0.15) is 5.10 Å². The van der Waals surface area contributed by atoms with Gasteiger partial charge in [0.15, 0.2) is 0 Å². The summed E-state index contributed by atoms with van der Waals surface area (Å²) < 4.78 is 0. The molecule has 0 saturated heterocycles. The summed E-state index contributed by atoms with van der Waals surface area (Å²) >= 11 is 0. The molecule has 0 amide bonds. The molecular formula is C13H22N4O2. The average molecular weight is 266 g/mol. The highest BCUT2D eigenvalue weighted by Gasteiger charge is 2.15. The molecule has 0 aliphatic carbocycles. The standard InChI is InChI=1S/C13H22N4O2/c1-8(2)5-11(6-12(18)19)7-14-13-15-9(3)10(4)16-17-13/h8,11H,5-7H2,1-4H3,(H,18,19)(H,14,15,17). The molecule has 2 N–H and O–H groups in total. The smallest absolute Gasteiger partial charge is 0.303 e. The summed E-state index contributed by atoms with van der Waals surface area (Å²) in [7, 11) is 0. The highest BCUT2D eigenvalue weighted by Crippen LogP contribution is 2.16. The Bertz CT molecular complexity index is 435. The summed E-state index contributed by atoms with van der Waals surface area (Å²) in [6.45, 7) is 8.45. The van der Waals surface area contributed by atoms with Crippen LogP contribution in [0.1, 0.15) is 38.1 Å². The lowest BCUT2D eigenvalue weighted by Crippen LogP contribution is -2.21. The molecule has 106 valence electrons. The van der Waals surface area contributed by atoms with Crippen LogP contribution in [0.15, 0.2) is 0 Å². The lowest BCUT2D eigenvalue weighted by atomic mass is 9.94. The molecule has 1 unspecified atom stereocenters. The van der Waals surface area contributed by atoms with E-state index in [0.717, 1.165) is 17.8 Å². The van der Waals surface area contributed by atoms with E-state index in [-0.39, 0.29) is 12.3 Å². The van der Waals surface area contributed by atoms with Gasteiger partial charge in [0.2, 0.25) is 5.95 Å². The Balaban J connectivity index is 2.59. The van der Waals surface area contributed by atoms with E-state index < -0.39 is 5.97 Å². The highest BCUT2D eigenvalue weighted by molar-refractivity contribution is 5.67. The monoisotopic (exact) mass is 266 g/mol. The van der Waals surface area contributed by atoms with Crippen molar-refractivity contribution in [1.29, 1.82) is 0 Å². The van der Waals surface area contributed by atoms with Gasteiger partial charge < -0.3 is 10.4 Å². The summed E-state index contributed by atoms with van der Waals surface area (Å²) in [5.41, 5.74) is 1.63. The number of carboxylic acid groups (broad SMARTS) is 1. The maximum Gasteiger partial charge on any atom is 0.303 e. The molecular weight excluding hydrogens is 244 g/mol. The Morgan fingerprint density at radius 3 is 2.47 bits per heavy atom. The van der Waals surface area contributed by atoms with Crippen LogP contribution in [-0.4, -0.2) is 32.8 Å². The molecule has 0 aromatic carbocycles. The summed E-state index contributed by atoms with van der Waals surface area (Å²) in [6, 6.07) is 0. The van der Waals surface area contributed by atoms with Crippen LogP contribution in [0.25, 0.3) is 0 Å². The molecule has 1 rings (SSSR count). The van der Waals surface area contributed by atoms with Gasteiger partial charge >= 0.3 is 5.97 Å². The topological polar surface area (TPSA) is 88.0 Å². The Labute approximate surface area is 113 Å². The number of anilines is 1. The average Bonchev–Trinajstić information content (AvgIpc) is 2.29. The van der Waals surface area contributed by atoms with Crippen molar-refractivity contribution in [3.05, 3.63) is 11.4 Å². The normalized spacial score (nSPS) is 12.5. The van der Waals surface area contributed by atoms with E-state index in [1.54, 1.807) is 0 Å². The predicted molar refractivity (Wildman–Crippen MR) is 73.0 cm³/mol. The van der Waals surface area contributed by atoms with E-state index in [1.165, 1.54) is 0 Å². The van der Waals surface area contributed by atoms with E-state index in [1.807, 2.05) is 13.8 Å². The van der Waals surface area contributed by atoms with Crippen LogP contribution < -0.4 is 5.32 Å². The molecule has 6 nitrogen and oxygen atoms in total. The Morgan fingerprint density at radius 2 is 1.95 bits per heavy atom. The van der Waals surface area contributed by atoms with Crippen LogP contribution in [0.5, 0.6) is 0 Å². The van der Waals surface area contributed by atoms with Gasteiger partial charge in [-0.05, 0) is 32.1 Å². The van der Waals surface area contributed by atoms with Crippen LogP contribution in [0, 0.1) is 25.7 Å². The molecule has 1 heterocycles. The molecule has 0 saturated carbocycles. The SMILES string of the molecule is Cc1nnc(NCC(CC(=O)O)CC(C)C)nc1C. The first-order valence-corrected chi connectivity index (χ1v) is 6.52. The third-order valence-corrected chi connectivity index (χ3v) is 2.91. The van der Waals surface area contributed by atoms with Crippen molar-refractivity contribution in [2.45, 2.75) is 40.5 Å². The molecule has 19 heavy (non-hydrogen) atoms. The molecule has 0 aliphatic heterocycles. The number of rotatable bonds is 7. The minimum Gasteiger partial charge on any atom is -0.481 e. The van der Waals surface area contributed by atoms with Crippen molar-refractivity contribution in [3.63, 3.8) is 0 Å². The first kappa shape index (κ1) is 15.3. The second kappa shape index (κ2) is 7.01. The van der Waals surface area contributed by atoms with Gasteiger partial charge in [0.1, 0.15) is 0 Å². The van der Waals surface area contributed by atoms with Gasteiger partial charge in [-0.3, -0.25) is 4.79 Å². The molecule has 1 aromatic heterocycles. The minimum absolute atomic E-state index is 0.0720. The second-order valence-corrected chi connectivity index (χ2v) is 5.28. The van der Waals surface area contributed by atoms with Crippen LogP contribution in [0.3, 0.4) is 0 Å². The molecule has 0 bridgehead atoms. The van der Waals surface area contributed by atoms with Gasteiger partial charge in [0, 0.05) is 13.0 Å². The van der Waals surface area contributed by atoms with Crippen molar-refractivity contribution in [1.82, 2.24) is 15.2 Å². The third-order valence-electron chi connectivity index (χ3n) is 2.91. The molecule has 1 aromatic rings. The van der Waals surface area contributed by atoms with Crippen molar-refractivity contribution in [2.75, 3.05) is 11.9 Å². The fraction of sp³-hybridized carbons (Fsp3) is 0.692. The van der Waals surface area contributed by atoms with Crippen molar-refractivity contribution < 1.29 is 9.90 Å². The summed E-state index contributed by atoms with van der Waals surface area (Å²) in [6.07, 6.45) is 1.01. The summed E-state index contributed by atoms with van der Waals surface area (Å²) in [4.78, 5) is 15.1. The number of aliphatic carboxylic acids is 1. The van der Waals surface area contributed by atoms with Crippen molar-refractivity contribution in [2.24, 2.45) is 11.8 Å². The van der Waals surface area contributed by atoms with E-state index in [2.05, 4.69) is 34.3 Å². The zero-order chi connectivity index (χ0) is 14.4. The van der Waals surface area contributed by atoms with Crippen molar-refractivity contribution in [3.8, 4) is 0 Å². The van der Waals surface area contributed by atoms with E-state index in [9.17, 15) is 4.79 Å². The zero-order valence-electron chi connectivity index (χ0n) is 12.0. The van der Waals surface area contributed by atoms with E-state index >= 15 is 0 Å². The summed E-state index contributed by atoms with van der Waals surface area (Å²) in [5, 5.41) is 19.9. The number of hydrogen-bond donors (Lipinski definition) is 2. The Hall–Kier alpha value is -1.72. The largest absolute Gasteiger partial charge is 0.481 e. The van der Waals surface area contributed by atoms with Crippen LogP contribution in [0.2, 0.25) is 0 Å². The maximum atomic E-state index is 10.8. The van der Waals surface area contributed by atoms with Gasteiger partial charge in [0.05, 0.1) is 11.4 Å². The van der Waals surface area contributed by atoms with Crippen molar-refractivity contribution >= 4 is 11.9 Å². The van der Waals surface area contributed by atoms with Crippen LogP contribution >= 0.6 is 0 Å². The third kappa shape index (κ3) is 5.63. The van der Waals surface area contributed by atoms with Gasteiger partial charge in [-0.15, -0.1) is 5.10 Å². The molecule has 0 radical (unpaired) electrons. The zero-order valence-corrected chi connectivity index (χ0v) is 12.0.